The summed E-state index contributed by atoms with van der Waals surface area (Å²) in [5, 5.41) is 11.9. The summed E-state index contributed by atoms with van der Waals surface area (Å²) < 4.78 is 4.50. The molecule has 1 saturated heterocycles. The summed E-state index contributed by atoms with van der Waals surface area (Å²) in [5.41, 5.74) is 2.82. The molecule has 1 aliphatic rings. The third kappa shape index (κ3) is 3.74. The van der Waals surface area contributed by atoms with Crippen molar-refractivity contribution in [3.8, 4) is 0 Å². The lowest BCUT2D eigenvalue weighted by Crippen LogP contribution is -2.19. The number of amidine groups is 1. The lowest BCUT2D eigenvalue weighted by atomic mass is 10.0. The van der Waals surface area contributed by atoms with Gasteiger partial charge in [-0.1, -0.05) is 12.1 Å². The molecule has 1 N–H and O–H groups in total. The summed E-state index contributed by atoms with van der Waals surface area (Å²) in [6.07, 6.45) is 4.48. The molecule has 0 bridgehead atoms. The van der Waals surface area contributed by atoms with Gasteiger partial charge in [0.15, 0.2) is 5.17 Å². The van der Waals surface area contributed by atoms with Crippen LogP contribution in [0, 0.1) is 6.92 Å². The van der Waals surface area contributed by atoms with E-state index in [1.54, 1.807) is 12.4 Å². The van der Waals surface area contributed by atoms with Crippen LogP contribution in [0.5, 0.6) is 0 Å². The van der Waals surface area contributed by atoms with Gasteiger partial charge < -0.3 is 4.74 Å². The summed E-state index contributed by atoms with van der Waals surface area (Å²) in [6.45, 7) is 1.98. The van der Waals surface area contributed by atoms with Gasteiger partial charge in [-0.3, -0.25) is 15.1 Å². The average molecular weight is 354 g/mol. The number of amides is 1. The van der Waals surface area contributed by atoms with Crippen LogP contribution < -0.4 is 5.32 Å². The number of fused-ring (bicyclic) bond motifs is 1. The number of hydrogen-bond acceptors (Lipinski definition) is 7. The van der Waals surface area contributed by atoms with Crippen molar-refractivity contribution in [3.05, 3.63) is 52.6 Å². The lowest BCUT2D eigenvalue weighted by Gasteiger charge is -2.04. The molecule has 0 unspecified atom stereocenters. The molecule has 1 aliphatic heterocycles. The zero-order chi connectivity index (χ0) is 17.8. The summed E-state index contributed by atoms with van der Waals surface area (Å²) >= 11 is 1.03. The number of hydrogen-bond donors (Lipinski definition) is 1. The Hall–Kier alpha value is -3.00. The van der Waals surface area contributed by atoms with Gasteiger partial charge in [0.25, 0.3) is 5.91 Å². The quantitative estimate of drug-likeness (QED) is 0.395. The van der Waals surface area contributed by atoms with Crippen LogP contribution in [0.15, 0.2) is 51.6 Å². The Kier molecular flexibility index (Phi) is 4.90. The molecule has 0 radical (unpaired) electrons. The highest BCUT2D eigenvalue weighted by Crippen LogP contribution is 2.23. The number of nitrogens with zero attached hydrogens (tertiary/aromatic N) is 3. The van der Waals surface area contributed by atoms with Gasteiger partial charge in [-0.25, -0.2) is 4.79 Å². The van der Waals surface area contributed by atoms with Crippen LogP contribution in [0.1, 0.15) is 11.1 Å². The second-order valence-corrected chi connectivity index (χ2v) is 6.13. The molecule has 2 aromatic rings. The van der Waals surface area contributed by atoms with E-state index >= 15 is 0 Å². The molecule has 1 aromatic carbocycles. The van der Waals surface area contributed by atoms with Crippen molar-refractivity contribution in [2.75, 3.05) is 7.11 Å². The number of nitrogens with one attached hydrogen (secondary N) is 1. The lowest BCUT2D eigenvalue weighted by molar-refractivity contribution is -0.135. The highest BCUT2D eigenvalue weighted by Gasteiger charge is 2.25. The number of ether oxygens (including phenoxy) is 1. The van der Waals surface area contributed by atoms with Crippen LogP contribution in [0.4, 0.5) is 0 Å². The second-order valence-electron chi connectivity index (χ2n) is 5.10. The zero-order valence-corrected chi connectivity index (χ0v) is 14.3. The van der Waals surface area contributed by atoms with E-state index in [4.69, 9.17) is 0 Å². The third-order valence-electron chi connectivity index (χ3n) is 3.48. The third-order valence-corrected chi connectivity index (χ3v) is 4.38. The number of benzene rings is 1. The van der Waals surface area contributed by atoms with Gasteiger partial charge in [-0.05, 0) is 36.4 Å². The molecule has 2 heterocycles. The van der Waals surface area contributed by atoms with Crippen LogP contribution in [0.2, 0.25) is 0 Å². The molecule has 1 amide bonds. The smallest absolute Gasteiger partial charge is 0.331 e. The standard InChI is InChI=1S/C17H14N4O3S/c1-10-5-6-13-11(4-3-7-18-13)12(10)9-19-21-17-20-16(23)14(25-17)8-15(22)24-2/h3-9H,1-2H3,(H,20,21,23)/b14-8+,19-9?. The molecule has 0 saturated carbocycles. The first-order chi connectivity index (χ1) is 12.1. The van der Waals surface area contributed by atoms with Gasteiger partial charge in [0.05, 0.1) is 23.7 Å². The number of rotatable bonds is 3. The fourth-order valence-corrected chi connectivity index (χ4v) is 2.97. The van der Waals surface area contributed by atoms with E-state index in [0.29, 0.717) is 5.17 Å². The van der Waals surface area contributed by atoms with E-state index in [1.165, 1.54) is 7.11 Å². The van der Waals surface area contributed by atoms with Gasteiger partial charge in [-0.2, -0.15) is 5.10 Å². The predicted molar refractivity (Wildman–Crippen MR) is 97.3 cm³/mol. The molecule has 1 aromatic heterocycles. The van der Waals surface area contributed by atoms with Crippen molar-refractivity contribution in [1.82, 2.24) is 10.3 Å². The normalized spacial score (nSPS) is 17.6. The number of thioether (sulfide) groups is 1. The van der Waals surface area contributed by atoms with Gasteiger partial charge in [-0.15, -0.1) is 5.10 Å². The number of aromatic nitrogens is 1. The molecule has 25 heavy (non-hydrogen) atoms. The molecule has 1 fully saturated rings. The highest BCUT2D eigenvalue weighted by atomic mass is 32.2. The van der Waals surface area contributed by atoms with E-state index in [-0.39, 0.29) is 4.91 Å². The van der Waals surface area contributed by atoms with Crippen molar-refractivity contribution in [2.45, 2.75) is 6.92 Å². The van der Waals surface area contributed by atoms with Crippen molar-refractivity contribution in [2.24, 2.45) is 10.2 Å². The fourth-order valence-electron chi connectivity index (χ4n) is 2.24. The maximum Gasteiger partial charge on any atom is 0.331 e. The summed E-state index contributed by atoms with van der Waals surface area (Å²) in [5.74, 6) is -1.00. The summed E-state index contributed by atoms with van der Waals surface area (Å²) in [6, 6.07) is 7.74. The number of methoxy groups -OCH3 is 1. The molecule has 8 heteroatoms. The summed E-state index contributed by atoms with van der Waals surface area (Å²) in [4.78, 5) is 27.5. The van der Waals surface area contributed by atoms with Crippen LogP contribution in [0.3, 0.4) is 0 Å². The van der Waals surface area contributed by atoms with E-state index < -0.39 is 11.9 Å². The number of esters is 1. The first kappa shape index (κ1) is 16.8. The summed E-state index contributed by atoms with van der Waals surface area (Å²) in [7, 11) is 1.25. The monoisotopic (exact) mass is 354 g/mol. The molecular weight excluding hydrogens is 340 g/mol. The molecular formula is C17H14N4O3S. The Morgan fingerprint density at radius 1 is 1.36 bits per heavy atom. The van der Waals surface area contributed by atoms with E-state index in [0.717, 1.165) is 39.9 Å². The predicted octanol–water partition coefficient (Wildman–Crippen LogP) is 2.15. The topological polar surface area (TPSA) is 93.0 Å². The maximum atomic E-state index is 11.7. The van der Waals surface area contributed by atoms with E-state index in [9.17, 15) is 9.59 Å². The fraction of sp³-hybridized carbons (Fsp3) is 0.118. The van der Waals surface area contributed by atoms with Gasteiger partial charge in [0.1, 0.15) is 0 Å². The van der Waals surface area contributed by atoms with Crippen LogP contribution >= 0.6 is 11.8 Å². The number of pyridine rings is 1. The molecule has 0 aliphatic carbocycles. The van der Waals surface area contributed by atoms with E-state index in [1.807, 2.05) is 31.2 Å². The Balaban J connectivity index is 1.84. The minimum absolute atomic E-state index is 0.214. The van der Waals surface area contributed by atoms with Gasteiger partial charge in [0, 0.05) is 23.2 Å². The molecule has 0 spiro atoms. The van der Waals surface area contributed by atoms with Crippen molar-refractivity contribution < 1.29 is 14.3 Å². The largest absolute Gasteiger partial charge is 0.466 e. The second kappa shape index (κ2) is 7.27. The molecule has 0 atom stereocenters. The first-order valence-electron chi connectivity index (χ1n) is 7.32. The Morgan fingerprint density at radius 3 is 3.00 bits per heavy atom. The van der Waals surface area contributed by atoms with Gasteiger partial charge >= 0.3 is 5.97 Å². The van der Waals surface area contributed by atoms with E-state index in [2.05, 4.69) is 25.2 Å². The molecule has 126 valence electrons. The number of carbonyl (C=O) groups excluding carboxylic acids is 2. The number of aryl methyl sites for hydroxylation is 1. The molecule has 7 nitrogen and oxygen atoms in total. The zero-order valence-electron chi connectivity index (χ0n) is 13.5. The maximum absolute atomic E-state index is 11.7. The Morgan fingerprint density at radius 2 is 2.20 bits per heavy atom. The molecule has 3 rings (SSSR count). The number of carbonyl (C=O) groups is 2. The van der Waals surface area contributed by atoms with Crippen LogP contribution in [-0.4, -0.2) is 35.4 Å². The first-order valence-corrected chi connectivity index (χ1v) is 8.14. The minimum Gasteiger partial charge on any atom is -0.466 e. The van der Waals surface area contributed by atoms with Gasteiger partial charge in [0.2, 0.25) is 0 Å². The van der Waals surface area contributed by atoms with Crippen molar-refractivity contribution >= 4 is 45.9 Å². The SMILES string of the molecule is COC(=O)/C=C1/S/C(=N\N=Cc2c(C)ccc3ncccc23)NC1=O. The van der Waals surface area contributed by atoms with Crippen molar-refractivity contribution in [1.29, 1.82) is 0 Å². The average Bonchev–Trinajstić information content (AvgIpc) is 2.96. The highest BCUT2D eigenvalue weighted by molar-refractivity contribution is 8.18. The minimum atomic E-state index is -0.596. The Labute approximate surface area is 147 Å². The van der Waals surface area contributed by atoms with Crippen molar-refractivity contribution in [3.63, 3.8) is 0 Å². The van der Waals surface area contributed by atoms with Crippen LogP contribution in [-0.2, 0) is 14.3 Å². The Bertz CT molecular complexity index is 950. The van der Waals surface area contributed by atoms with Crippen LogP contribution in [0.25, 0.3) is 10.9 Å².